The lowest BCUT2D eigenvalue weighted by Crippen LogP contribution is -2.46. The number of esters is 1. The standard InChI is InChI=1S/C29H34N2O5.ClH/c1-4-34-27(33)19-35-22-14-12-20(13-15-22)16-29(2,3)30-17-21(32)18-36-26-11-7-10-25-28(26)23-8-5-6-9-24(23)31-25;/h5-15,21,30-32H,4,16-19H2,1-3H3;1H/t21-;/m0./s1. The van der Waals surface area contributed by atoms with Gasteiger partial charge in [0.15, 0.2) is 6.61 Å². The first-order valence-corrected chi connectivity index (χ1v) is 12.3. The van der Waals surface area contributed by atoms with Gasteiger partial charge < -0.3 is 29.6 Å². The molecule has 3 N–H and O–H groups in total. The minimum Gasteiger partial charge on any atom is -0.490 e. The lowest BCUT2D eigenvalue weighted by atomic mass is 9.94. The monoisotopic (exact) mass is 526 g/mol. The van der Waals surface area contributed by atoms with Crippen molar-refractivity contribution in [1.29, 1.82) is 0 Å². The maximum atomic E-state index is 11.4. The number of H-pyrrole nitrogens is 1. The molecule has 0 amide bonds. The number of aromatic amines is 1. The summed E-state index contributed by atoms with van der Waals surface area (Å²) in [4.78, 5) is 14.8. The number of ether oxygens (including phenoxy) is 3. The van der Waals surface area contributed by atoms with E-state index in [0.29, 0.717) is 18.9 Å². The molecule has 0 radical (unpaired) electrons. The van der Waals surface area contributed by atoms with Crippen molar-refractivity contribution in [3.05, 3.63) is 72.3 Å². The van der Waals surface area contributed by atoms with Crippen molar-refractivity contribution in [2.24, 2.45) is 0 Å². The summed E-state index contributed by atoms with van der Waals surface area (Å²) >= 11 is 0. The Balaban J connectivity index is 0.00000380. The average Bonchev–Trinajstić information content (AvgIpc) is 3.25. The van der Waals surface area contributed by atoms with Crippen molar-refractivity contribution >= 4 is 40.2 Å². The zero-order valence-corrected chi connectivity index (χ0v) is 22.3. The van der Waals surface area contributed by atoms with Crippen molar-refractivity contribution in [3.8, 4) is 11.5 Å². The predicted molar refractivity (Wildman–Crippen MR) is 149 cm³/mol. The van der Waals surface area contributed by atoms with E-state index in [0.717, 1.165) is 39.5 Å². The highest BCUT2D eigenvalue weighted by Gasteiger charge is 2.20. The number of aliphatic hydroxyl groups is 1. The normalized spacial score (nSPS) is 12.2. The average molecular weight is 527 g/mol. The zero-order chi connectivity index (χ0) is 25.5. The van der Waals surface area contributed by atoms with Gasteiger partial charge in [0.25, 0.3) is 0 Å². The number of halogens is 1. The Bertz CT molecular complexity index is 1300. The SMILES string of the molecule is CCOC(=O)COc1ccc(CC(C)(C)NC[C@H](O)COc2cccc3[nH]c4ccccc4c23)cc1.Cl. The first kappa shape index (κ1) is 28.3. The van der Waals surface area contributed by atoms with E-state index in [1.165, 1.54) is 0 Å². The summed E-state index contributed by atoms with van der Waals surface area (Å²) in [5, 5.41) is 16.2. The van der Waals surface area contributed by atoms with Crippen LogP contribution in [0.5, 0.6) is 11.5 Å². The van der Waals surface area contributed by atoms with Crippen LogP contribution in [-0.2, 0) is 16.0 Å². The minimum absolute atomic E-state index is 0. The Kier molecular flexibility index (Phi) is 9.80. The number of hydrogen-bond donors (Lipinski definition) is 3. The Morgan fingerprint density at radius 2 is 1.73 bits per heavy atom. The molecule has 0 aliphatic carbocycles. The topological polar surface area (TPSA) is 92.8 Å². The van der Waals surface area contributed by atoms with Gasteiger partial charge >= 0.3 is 5.97 Å². The molecule has 198 valence electrons. The smallest absolute Gasteiger partial charge is 0.344 e. The fourth-order valence-electron chi connectivity index (χ4n) is 4.25. The first-order chi connectivity index (χ1) is 17.3. The van der Waals surface area contributed by atoms with Crippen molar-refractivity contribution in [1.82, 2.24) is 10.3 Å². The Labute approximate surface area is 223 Å². The Morgan fingerprint density at radius 1 is 1.00 bits per heavy atom. The maximum Gasteiger partial charge on any atom is 0.344 e. The van der Waals surface area contributed by atoms with Crippen LogP contribution in [0.1, 0.15) is 26.3 Å². The van der Waals surface area contributed by atoms with E-state index < -0.39 is 6.10 Å². The van der Waals surface area contributed by atoms with Crippen LogP contribution in [0.25, 0.3) is 21.8 Å². The number of aliphatic hydroxyl groups excluding tert-OH is 1. The van der Waals surface area contributed by atoms with Gasteiger partial charge in [-0.15, -0.1) is 12.4 Å². The minimum atomic E-state index is -0.664. The highest BCUT2D eigenvalue weighted by molar-refractivity contribution is 6.10. The summed E-state index contributed by atoms with van der Waals surface area (Å²) in [6.07, 6.45) is 0.0938. The van der Waals surface area contributed by atoms with Gasteiger partial charge in [-0.3, -0.25) is 0 Å². The third-order valence-corrected chi connectivity index (χ3v) is 5.97. The van der Waals surface area contributed by atoms with E-state index in [-0.39, 0.29) is 37.1 Å². The molecule has 0 aliphatic heterocycles. The molecule has 3 aromatic carbocycles. The fourth-order valence-corrected chi connectivity index (χ4v) is 4.25. The number of β-amino-alcohol motifs (C(OH)–C–C–N with tert-alkyl or cyclic N) is 1. The quantitative estimate of drug-likeness (QED) is 0.224. The lowest BCUT2D eigenvalue weighted by molar-refractivity contribution is -0.145. The molecule has 4 rings (SSSR count). The second kappa shape index (κ2) is 12.8. The van der Waals surface area contributed by atoms with E-state index in [1.54, 1.807) is 6.92 Å². The lowest BCUT2D eigenvalue weighted by Gasteiger charge is -2.28. The number of benzene rings is 3. The van der Waals surface area contributed by atoms with E-state index >= 15 is 0 Å². The van der Waals surface area contributed by atoms with Crippen LogP contribution in [0.4, 0.5) is 0 Å². The van der Waals surface area contributed by atoms with Gasteiger partial charge in [-0.05, 0) is 63.1 Å². The van der Waals surface area contributed by atoms with Crippen molar-refractivity contribution in [2.75, 3.05) is 26.4 Å². The van der Waals surface area contributed by atoms with Gasteiger partial charge in [-0.1, -0.05) is 36.4 Å². The molecule has 1 heterocycles. The summed E-state index contributed by atoms with van der Waals surface area (Å²) in [6.45, 7) is 6.78. The molecule has 0 unspecified atom stereocenters. The number of nitrogens with one attached hydrogen (secondary N) is 2. The number of hydrogen-bond acceptors (Lipinski definition) is 6. The molecular formula is C29H35ClN2O5. The summed E-state index contributed by atoms with van der Waals surface area (Å²) in [5.74, 6) is 0.997. The second-order valence-corrected chi connectivity index (χ2v) is 9.49. The van der Waals surface area contributed by atoms with Crippen LogP contribution in [-0.4, -0.2) is 54.1 Å². The summed E-state index contributed by atoms with van der Waals surface area (Å²) in [5.41, 5.74) is 2.95. The molecule has 4 aromatic rings. The van der Waals surface area contributed by atoms with Crippen LogP contribution >= 0.6 is 12.4 Å². The summed E-state index contributed by atoms with van der Waals surface area (Å²) in [6, 6.07) is 21.7. The largest absolute Gasteiger partial charge is 0.490 e. The van der Waals surface area contributed by atoms with Crippen molar-refractivity contribution in [2.45, 2.75) is 38.8 Å². The molecule has 1 atom stereocenters. The van der Waals surface area contributed by atoms with Gasteiger partial charge in [-0.2, -0.15) is 0 Å². The van der Waals surface area contributed by atoms with Crippen LogP contribution in [0.2, 0.25) is 0 Å². The van der Waals surface area contributed by atoms with Crippen LogP contribution < -0.4 is 14.8 Å². The van der Waals surface area contributed by atoms with Crippen molar-refractivity contribution in [3.63, 3.8) is 0 Å². The predicted octanol–water partition coefficient (Wildman–Crippen LogP) is 5.04. The molecule has 0 spiro atoms. The van der Waals surface area contributed by atoms with Crippen LogP contribution in [0.15, 0.2) is 66.7 Å². The van der Waals surface area contributed by atoms with Gasteiger partial charge in [0.1, 0.15) is 24.2 Å². The third kappa shape index (κ3) is 7.61. The molecular weight excluding hydrogens is 492 g/mol. The molecule has 8 heteroatoms. The van der Waals surface area contributed by atoms with Crippen LogP contribution in [0.3, 0.4) is 0 Å². The number of rotatable bonds is 12. The van der Waals surface area contributed by atoms with E-state index in [2.05, 4.69) is 30.2 Å². The number of fused-ring (bicyclic) bond motifs is 3. The van der Waals surface area contributed by atoms with Gasteiger partial charge in [-0.25, -0.2) is 4.79 Å². The fraction of sp³-hybridized carbons (Fsp3) is 0.345. The van der Waals surface area contributed by atoms with Crippen LogP contribution in [0, 0.1) is 0 Å². The number of aromatic nitrogens is 1. The summed E-state index contributed by atoms with van der Waals surface area (Å²) < 4.78 is 16.4. The zero-order valence-electron chi connectivity index (χ0n) is 21.5. The number of carbonyl (C=O) groups excluding carboxylic acids is 1. The van der Waals surface area contributed by atoms with Gasteiger partial charge in [0.05, 0.1) is 12.1 Å². The number of carbonyl (C=O) groups is 1. The molecule has 1 aromatic heterocycles. The van der Waals surface area contributed by atoms with E-state index in [4.69, 9.17) is 14.2 Å². The molecule has 37 heavy (non-hydrogen) atoms. The molecule has 0 bridgehead atoms. The molecule has 7 nitrogen and oxygen atoms in total. The second-order valence-electron chi connectivity index (χ2n) is 9.49. The van der Waals surface area contributed by atoms with E-state index in [9.17, 15) is 9.90 Å². The van der Waals surface area contributed by atoms with Gasteiger partial charge in [0, 0.05) is 28.4 Å². The van der Waals surface area contributed by atoms with Gasteiger partial charge in [0.2, 0.25) is 0 Å². The Hall–Kier alpha value is -3.26. The highest BCUT2D eigenvalue weighted by Crippen LogP contribution is 2.33. The van der Waals surface area contributed by atoms with E-state index in [1.807, 2.05) is 60.7 Å². The number of para-hydroxylation sites is 1. The first-order valence-electron chi connectivity index (χ1n) is 12.3. The molecule has 0 fully saturated rings. The Morgan fingerprint density at radius 3 is 2.49 bits per heavy atom. The maximum absolute atomic E-state index is 11.4. The summed E-state index contributed by atoms with van der Waals surface area (Å²) in [7, 11) is 0. The highest BCUT2D eigenvalue weighted by atomic mass is 35.5. The molecule has 0 saturated heterocycles. The third-order valence-electron chi connectivity index (χ3n) is 5.97. The van der Waals surface area contributed by atoms with Crippen molar-refractivity contribution < 1.29 is 24.1 Å². The molecule has 0 aliphatic rings. The molecule has 0 saturated carbocycles.